The van der Waals surface area contributed by atoms with Crippen molar-refractivity contribution in [2.75, 3.05) is 25.5 Å². The van der Waals surface area contributed by atoms with Gasteiger partial charge in [-0.25, -0.2) is 4.98 Å². The summed E-state index contributed by atoms with van der Waals surface area (Å²) in [7, 11) is 1.72. The molecule has 0 atom stereocenters. The number of carbonyl (C=O) groups is 1. The molecule has 0 saturated heterocycles. The van der Waals surface area contributed by atoms with Crippen molar-refractivity contribution in [1.82, 2.24) is 10.3 Å². The van der Waals surface area contributed by atoms with E-state index in [1.807, 2.05) is 19.9 Å². The van der Waals surface area contributed by atoms with Crippen molar-refractivity contribution >= 4 is 11.7 Å². The summed E-state index contributed by atoms with van der Waals surface area (Å²) in [5.74, 6) is 0.696. The summed E-state index contributed by atoms with van der Waals surface area (Å²) in [6.07, 6.45) is 4.01. The Morgan fingerprint density at radius 2 is 2.14 bits per heavy atom. The fourth-order valence-corrected chi connectivity index (χ4v) is 2.54. The minimum absolute atomic E-state index is 0.0606. The lowest BCUT2D eigenvalue weighted by Crippen LogP contribution is -2.49. The first-order chi connectivity index (χ1) is 10.1. The zero-order valence-corrected chi connectivity index (χ0v) is 13.2. The number of pyridine rings is 1. The molecule has 0 radical (unpaired) electrons. The topological polar surface area (TPSA) is 63.2 Å². The molecule has 2 N–H and O–H groups in total. The minimum atomic E-state index is -0.152. The molecule has 1 aliphatic carbocycles. The van der Waals surface area contributed by atoms with Gasteiger partial charge in [0.05, 0.1) is 5.60 Å². The predicted octanol–water partition coefficient (Wildman–Crippen LogP) is 2.37. The lowest BCUT2D eigenvalue weighted by Gasteiger charge is -2.40. The summed E-state index contributed by atoms with van der Waals surface area (Å²) in [6, 6.07) is 3.66. The molecular weight excluding hydrogens is 266 g/mol. The van der Waals surface area contributed by atoms with Gasteiger partial charge in [-0.1, -0.05) is 6.92 Å². The maximum atomic E-state index is 12.3. The molecule has 5 nitrogen and oxygen atoms in total. The highest BCUT2D eigenvalue weighted by molar-refractivity contribution is 5.95. The van der Waals surface area contributed by atoms with Gasteiger partial charge < -0.3 is 15.4 Å². The second-order valence-corrected chi connectivity index (χ2v) is 5.54. The van der Waals surface area contributed by atoms with Gasteiger partial charge in [-0.3, -0.25) is 4.79 Å². The normalized spacial score (nSPS) is 16.1. The van der Waals surface area contributed by atoms with Gasteiger partial charge in [-0.2, -0.15) is 0 Å². The van der Waals surface area contributed by atoms with Crippen LogP contribution in [0.4, 0.5) is 5.82 Å². The van der Waals surface area contributed by atoms with Crippen molar-refractivity contribution < 1.29 is 9.53 Å². The second-order valence-electron chi connectivity index (χ2n) is 5.54. The lowest BCUT2D eigenvalue weighted by molar-refractivity contribution is -0.0679. The Morgan fingerprint density at radius 1 is 1.38 bits per heavy atom. The molecule has 2 rings (SSSR count). The molecule has 0 spiro atoms. The Morgan fingerprint density at radius 3 is 2.67 bits per heavy atom. The zero-order chi connectivity index (χ0) is 15.3. The number of aromatic nitrogens is 1. The van der Waals surface area contributed by atoms with Crippen LogP contribution in [0.2, 0.25) is 0 Å². The number of nitrogens with one attached hydrogen (secondary N) is 2. The van der Waals surface area contributed by atoms with Crippen LogP contribution in [0.3, 0.4) is 0 Å². The van der Waals surface area contributed by atoms with Crippen LogP contribution in [-0.2, 0) is 11.2 Å². The summed E-state index contributed by atoms with van der Waals surface area (Å²) >= 11 is 0. The maximum Gasteiger partial charge on any atom is 0.251 e. The van der Waals surface area contributed by atoms with E-state index in [1.165, 1.54) is 6.42 Å². The molecule has 1 saturated carbocycles. The fraction of sp³-hybridized carbons (Fsp3) is 0.625. The van der Waals surface area contributed by atoms with Gasteiger partial charge in [0.15, 0.2) is 0 Å². The van der Waals surface area contributed by atoms with Crippen LogP contribution >= 0.6 is 0 Å². The quantitative estimate of drug-likeness (QED) is 0.809. The number of ether oxygens (including phenoxy) is 1. The Bertz CT molecular complexity index is 493. The third-order valence-corrected chi connectivity index (χ3v) is 4.13. The number of hydrogen-bond acceptors (Lipinski definition) is 4. The van der Waals surface area contributed by atoms with Gasteiger partial charge in [0.25, 0.3) is 5.91 Å². The molecule has 1 aromatic heterocycles. The summed E-state index contributed by atoms with van der Waals surface area (Å²) in [5.41, 5.74) is 1.42. The van der Waals surface area contributed by atoms with Crippen LogP contribution in [0.5, 0.6) is 0 Å². The molecule has 5 heteroatoms. The minimum Gasteiger partial charge on any atom is -0.376 e. The molecule has 1 aliphatic rings. The lowest BCUT2D eigenvalue weighted by atomic mass is 9.80. The Kier molecular flexibility index (Phi) is 5.17. The smallest absolute Gasteiger partial charge is 0.251 e. The standard InChI is InChI=1S/C16H25N3O2/c1-4-13-9-12(10-14(19-13)17-5-2)15(20)18-11-16(21-3)7-6-8-16/h9-10H,4-8,11H2,1-3H3,(H,17,19)(H,18,20). The molecule has 0 unspecified atom stereocenters. The van der Waals surface area contributed by atoms with E-state index in [-0.39, 0.29) is 11.5 Å². The number of methoxy groups -OCH3 is 1. The molecule has 21 heavy (non-hydrogen) atoms. The highest BCUT2D eigenvalue weighted by Crippen LogP contribution is 2.34. The third kappa shape index (κ3) is 3.73. The second kappa shape index (κ2) is 6.89. The van der Waals surface area contributed by atoms with Gasteiger partial charge in [0, 0.05) is 31.5 Å². The monoisotopic (exact) mass is 291 g/mol. The first-order valence-electron chi connectivity index (χ1n) is 7.70. The Hall–Kier alpha value is -1.62. The van der Waals surface area contributed by atoms with Crippen LogP contribution in [0.1, 0.15) is 49.2 Å². The molecular formula is C16H25N3O2. The molecule has 1 fully saturated rings. The highest BCUT2D eigenvalue weighted by Gasteiger charge is 2.37. The van der Waals surface area contributed by atoms with E-state index in [0.717, 1.165) is 37.3 Å². The average Bonchev–Trinajstić information content (AvgIpc) is 2.46. The number of carbonyl (C=O) groups excluding carboxylic acids is 1. The van der Waals surface area contributed by atoms with Crippen molar-refractivity contribution in [1.29, 1.82) is 0 Å². The van der Waals surface area contributed by atoms with Gasteiger partial charge in [0.1, 0.15) is 5.82 Å². The largest absolute Gasteiger partial charge is 0.376 e. The first kappa shape index (κ1) is 15.8. The zero-order valence-electron chi connectivity index (χ0n) is 13.2. The summed E-state index contributed by atoms with van der Waals surface area (Å²) < 4.78 is 5.53. The van der Waals surface area contributed by atoms with Crippen LogP contribution < -0.4 is 10.6 Å². The molecule has 0 aliphatic heterocycles. The van der Waals surface area contributed by atoms with Crippen LogP contribution in [0, 0.1) is 0 Å². The van der Waals surface area contributed by atoms with Gasteiger partial charge in [-0.05, 0) is 44.7 Å². The van der Waals surface area contributed by atoms with Crippen LogP contribution in [-0.4, -0.2) is 36.7 Å². The number of nitrogens with zero attached hydrogens (tertiary/aromatic N) is 1. The SMILES string of the molecule is CCNc1cc(C(=O)NCC2(OC)CCC2)cc(CC)n1. The van der Waals surface area contributed by atoms with E-state index in [0.29, 0.717) is 12.1 Å². The maximum absolute atomic E-state index is 12.3. The van der Waals surface area contributed by atoms with Crippen LogP contribution in [0.25, 0.3) is 0 Å². The average molecular weight is 291 g/mol. The number of anilines is 1. The number of amides is 1. The summed E-state index contributed by atoms with van der Waals surface area (Å²) in [4.78, 5) is 16.8. The Balaban J connectivity index is 2.05. The number of rotatable bonds is 7. The fourth-order valence-electron chi connectivity index (χ4n) is 2.54. The van der Waals surface area contributed by atoms with Crippen molar-refractivity contribution in [2.24, 2.45) is 0 Å². The molecule has 1 aromatic rings. The first-order valence-corrected chi connectivity index (χ1v) is 7.70. The summed E-state index contributed by atoms with van der Waals surface area (Å²) in [5, 5.41) is 6.16. The summed E-state index contributed by atoms with van der Waals surface area (Å²) in [6.45, 7) is 5.41. The molecule has 116 valence electrons. The van der Waals surface area contributed by atoms with Gasteiger partial charge in [0.2, 0.25) is 0 Å². The molecule has 0 aromatic carbocycles. The van der Waals surface area contributed by atoms with Crippen molar-refractivity contribution in [3.8, 4) is 0 Å². The Labute approximate surface area is 126 Å². The van der Waals surface area contributed by atoms with Gasteiger partial charge in [-0.15, -0.1) is 0 Å². The molecule has 1 heterocycles. The van der Waals surface area contributed by atoms with Crippen molar-refractivity contribution in [3.63, 3.8) is 0 Å². The highest BCUT2D eigenvalue weighted by atomic mass is 16.5. The third-order valence-electron chi connectivity index (χ3n) is 4.13. The van der Waals surface area contributed by atoms with Gasteiger partial charge >= 0.3 is 0 Å². The van der Waals surface area contributed by atoms with E-state index >= 15 is 0 Å². The van der Waals surface area contributed by atoms with Crippen molar-refractivity contribution in [2.45, 2.75) is 45.1 Å². The van der Waals surface area contributed by atoms with Crippen molar-refractivity contribution in [3.05, 3.63) is 23.4 Å². The van der Waals surface area contributed by atoms with E-state index in [4.69, 9.17) is 4.74 Å². The van der Waals surface area contributed by atoms with E-state index < -0.39 is 0 Å². The number of hydrogen-bond donors (Lipinski definition) is 2. The van der Waals surface area contributed by atoms with E-state index in [2.05, 4.69) is 15.6 Å². The predicted molar refractivity (Wildman–Crippen MR) is 83.7 cm³/mol. The molecule has 1 amide bonds. The number of aryl methyl sites for hydroxylation is 1. The van der Waals surface area contributed by atoms with E-state index in [9.17, 15) is 4.79 Å². The molecule has 0 bridgehead atoms. The van der Waals surface area contributed by atoms with E-state index in [1.54, 1.807) is 13.2 Å². The van der Waals surface area contributed by atoms with Crippen LogP contribution in [0.15, 0.2) is 12.1 Å².